The second-order valence-electron chi connectivity index (χ2n) is 2.73. The van der Waals surface area contributed by atoms with Gasteiger partial charge in [-0.1, -0.05) is 15.9 Å². The highest BCUT2D eigenvalue weighted by Gasteiger charge is 2.32. The minimum absolute atomic E-state index is 0.422. The van der Waals surface area contributed by atoms with E-state index in [-0.39, 0.29) is 0 Å². The van der Waals surface area contributed by atoms with Crippen molar-refractivity contribution in [1.82, 2.24) is 4.98 Å². The van der Waals surface area contributed by atoms with Gasteiger partial charge in [0.1, 0.15) is 3.70 Å². The molecule has 1 aromatic heterocycles. The van der Waals surface area contributed by atoms with E-state index in [0.29, 0.717) is 14.6 Å². The first-order valence-electron chi connectivity index (χ1n) is 3.81. The van der Waals surface area contributed by atoms with Crippen LogP contribution in [0, 0.1) is 10.6 Å². The van der Waals surface area contributed by atoms with Crippen molar-refractivity contribution in [3.8, 4) is 5.88 Å². The molecule has 2 nitrogen and oxygen atoms in total. The van der Waals surface area contributed by atoms with Gasteiger partial charge in [-0.25, -0.2) is 4.98 Å². The van der Waals surface area contributed by atoms with Crippen molar-refractivity contribution in [3.05, 3.63) is 20.9 Å². The lowest BCUT2D eigenvalue weighted by Gasteiger charge is -2.11. The SMILES string of the molecule is Cc1cc(OC(F)(F)F)nc(I)c1CBr. The smallest absolute Gasteiger partial charge is 0.388 e. The molecular formula is C8H6BrF3INO. The van der Waals surface area contributed by atoms with Crippen LogP contribution in [-0.4, -0.2) is 11.3 Å². The highest BCUT2D eigenvalue weighted by atomic mass is 127. The summed E-state index contributed by atoms with van der Waals surface area (Å²) in [5.74, 6) is -0.422. The number of aromatic nitrogens is 1. The van der Waals surface area contributed by atoms with Gasteiger partial charge in [0.2, 0.25) is 5.88 Å². The molecule has 0 N–H and O–H groups in total. The van der Waals surface area contributed by atoms with Gasteiger partial charge in [0, 0.05) is 11.4 Å². The summed E-state index contributed by atoms with van der Waals surface area (Å²) in [7, 11) is 0. The summed E-state index contributed by atoms with van der Waals surface area (Å²) in [5, 5.41) is 0.552. The van der Waals surface area contributed by atoms with Crippen molar-refractivity contribution in [2.24, 2.45) is 0 Å². The predicted octanol–water partition coefficient (Wildman–Crippen LogP) is 3.79. The average molecular weight is 396 g/mol. The van der Waals surface area contributed by atoms with E-state index in [1.165, 1.54) is 6.07 Å². The van der Waals surface area contributed by atoms with Crippen LogP contribution in [0.3, 0.4) is 0 Å². The summed E-state index contributed by atoms with van der Waals surface area (Å²) in [6.45, 7) is 1.71. The molecule has 0 aromatic carbocycles. The molecule has 15 heavy (non-hydrogen) atoms. The molecule has 1 rings (SSSR count). The van der Waals surface area contributed by atoms with E-state index in [9.17, 15) is 13.2 Å². The molecule has 0 bridgehead atoms. The van der Waals surface area contributed by atoms with E-state index in [2.05, 4.69) is 25.7 Å². The van der Waals surface area contributed by atoms with Crippen molar-refractivity contribution in [2.75, 3.05) is 0 Å². The normalized spacial score (nSPS) is 11.6. The van der Waals surface area contributed by atoms with Gasteiger partial charge in [-0.05, 0) is 40.6 Å². The second-order valence-corrected chi connectivity index (χ2v) is 4.31. The summed E-state index contributed by atoms with van der Waals surface area (Å²) in [6.07, 6.45) is -4.70. The second kappa shape index (κ2) is 4.86. The number of hydrogen-bond acceptors (Lipinski definition) is 2. The van der Waals surface area contributed by atoms with Crippen LogP contribution in [0.2, 0.25) is 0 Å². The summed E-state index contributed by atoms with van der Waals surface area (Å²) in [5.41, 5.74) is 1.58. The fraction of sp³-hybridized carbons (Fsp3) is 0.375. The maximum atomic E-state index is 11.9. The molecular weight excluding hydrogens is 390 g/mol. The first-order chi connectivity index (χ1) is 6.83. The van der Waals surface area contributed by atoms with Gasteiger partial charge in [0.15, 0.2) is 0 Å². The van der Waals surface area contributed by atoms with Crippen LogP contribution in [0.1, 0.15) is 11.1 Å². The zero-order valence-corrected chi connectivity index (χ0v) is 11.3. The van der Waals surface area contributed by atoms with E-state index >= 15 is 0 Å². The largest absolute Gasteiger partial charge is 0.574 e. The first kappa shape index (κ1) is 13.0. The van der Waals surface area contributed by atoms with Crippen molar-refractivity contribution < 1.29 is 17.9 Å². The minimum Gasteiger partial charge on any atom is -0.388 e. The number of alkyl halides is 4. The van der Waals surface area contributed by atoms with Crippen LogP contribution < -0.4 is 4.74 Å². The van der Waals surface area contributed by atoms with Gasteiger partial charge in [-0.3, -0.25) is 0 Å². The quantitative estimate of drug-likeness (QED) is 0.432. The Labute approximate surface area is 106 Å². The van der Waals surface area contributed by atoms with E-state index in [0.717, 1.165) is 5.56 Å². The molecule has 7 heteroatoms. The molecule has 0 saturated heterocycles. The molecule has 0 spiro atoms. The van der Waals surface area contributed by atoms with Gasteiger partial charge < -0.3 is 4.74 Å². The molecule has 0 amide bonds. The highest BCUT2D eigenvalue weighted by Crippen LogP contribution is 2.26. The zero-order chi connectivity index (χ0) is 11.6. The van der Waals surface area contributed by atoms with Gasteiger partial charge in [0.25, 0.3) is 0 Å². The summed E-state index contributed by atoms with van der Waals surface area (Å²) >= 11 is 5.11. The monoisotopic (exact) mass is 395 g/mol. The van der Waals surface area contributed by atoms with Gasteiger partial charge in [-0.2, -0.15) is 0 Å². The predicted molar refractivity (Wildman–Crippen MR) is 61.0 cm³/mol. The molecule has 0 aliphatic heterocycles. The van der Waals surface area contributed by atoms with Gasteiger partial charge >= 0.3 is 6.36 Å². The number of nitrogens with zero attached hydrogens (tertiary/aromatic N) is 1. The Bertz CT molecular complexity index is 346. The Morgan fingerprint density at radius 1 is 1.53 bits per heavy atom. The molecule has 0 saturated carbocycles. The third-order valence-corrected chi connectivity index (χ3v) is 3.08. The number of hydrogen-bond donors (Lipinski definition) is 0. The molecule has 0 aliphatic carbocycles. The fourth-order valence-corrected chi connectivity index (χ4v) is 3.05. The molecule has 0 radical (unpaired) electrons. The fourth-order valence-electron chi connectivity index (χ4n) is 0.963. The number of aryl methyl sites for hydroxylation is 1. The Morgan fingerprint density at radius 2 is 2.13 bits per heavy atom. The number of ether oxygens (including phenoxy) is 1. The Morgan fingerprint density at radius 3 is 2.53 bits per heavy atom. The zero-order valence-electron chi connectivity index (χ0n) is 7.53. The van der Waals surface area contributed by atoms with Gasteiger partial charge in [0.05, 0.1) is 0 Å². The van der Waals surface area contributed by atoms with Crippen LogP contribution in [-0.2, 0) is 5.33 Å². The number of pyridine rings is 1. The number of halogens is 5. The maximum absolute atomic E-state index is 11.9. The summed E-state index contributed by atoms with van der Waals surface area (Å²) in [4.78, 5) is 3.70. The lowest BCUT2D eigenvalue weighted by molar-refractivity contribution is -0.276. The van der Waals surface area contributed by atoms with Crippen LogP contribution >= 0.6 is 38.5 Å². The van der Waals surface area contributed by atoms with Crippen LogP contribution in [0.25, 0.3) is 0 Å². The molecule has 0 aliphatic rings. The van der Waals surface area contributed by atoms with Crippen LogP contribution in [0.5, 0.6) is 5.88 Å². The van der Waals surface area contributed by atoms with E-state index < -0.39 is 12.2 Å². The van der Waals surface area contributed by atoms with Crippen LogP contribution in [0.4, 0.5) is 13.2 Å². The standard InChI is InChI=1S/C8H6BrF3INO/c1-4-2-6(15-8(10,11)12)14-7(13)5(4)3-9/h2H,3H2,1H3. The lowest BCUT2D eigenvalue weighted by atomic mass is 10.2. The Balaban J connectivity index is 3.04. The molecule has 0 unspecified atom stereocenters. The highest BCUT2D eigenvalue weighted by molar-refractivity contribution is 14.1. The molecule has 1 heterocycles. The molecule has 84 valence electrons. The third kappa shape index (κ3) is 3.78. The Hall–Kier alpha value is -0.0500. The van der Waals surface area contributed by atoms with E-state index in [1.54, 1.807) is 6.92 Å². The van der Waals surface area contributed by atoms with Crippen LogP contribution in [0.15, 0.2) is 6.07 Å². The number of rotatable bonds is 2. The maximum Gasteiger partial charge on any atom is 0.574 e. The lowest BCUT2D eigenvalue weighted by Crippen LogP contribution is -2.18. The Kier molecular flexibility index (Phi) is 4.21. The van der Waals surface area contributed by atoms with Gasteiger partial charge in [-0.15, -0.1) is 13.2 Å². The summed E-state index contributed by atoms with van der Waals surface area (Å²) in [6, 6.07) is 1.27. The van der Waals surface area contributed by atoms with Crippen molar-refractivity contribution in [1.29, 1.82) is 0 Å². The third-order valence-electron chi connectivity index (χ3n) is 1.63. The summed E-state index contributed by atoms with van der Waals surface area (Å²) < 4.78 is 40.0. The van der Waals surface area contributed by atoms with Crippen molar-refractivity contribution >= 4 is 38.5 Å². The topological polar surface area (TPSA) is 22.1 Å². The molecule has 0 atom stereocenters. The average Bonchev–Trinajstić information content (AvgIpc) is 1.99. The van der Waals surface area contributed by atoms with Crippen molar-refractivity contribution in [2.45, 2.75) is 18.6 Å². The van der Waals surface area contributed by atoms with E-state index in [4.69, 9.17) is 0 Å². The van der Waals surface area contributed by atoms with Crippen molar-refractivity contribution in [3.63, 3.8) is 0 Å². The molecule has 0 fully saturated rings. The molecule has 1 aromatic rings. The minimum atomic E-state index is -4.70. The van der Waals surface area contributed by atoms with E-state index in [1.807, 2.05) is 22.6 Å². The first-order valence-corrected chi connectivity index (χ1v) is 6.01.